The lowest BCUT2D eigenvalue weighted by Crippen LogP contribution is -2.36. The number of anilines is 2. The molecule has 0 unspecified atom stereocenters. The molecule has 1 fully saturated rings. The van der Waals surface area contributed by atoms with E-state index in [-0.39, 0.29) is 12.2 Å². The molecule has 162 valence electrons. The molecule has 2 aromatic carbocycles. The number of aromatic nitrogens is 4. The van der Waals surface area contributed by atoms with Crippen LogP contribution in [0.25, 0.3) is 11.4 Å². The number of benzene rings is 2. The van der Waals surface area contributed by atoms with Crippen LogP contribution < -0.4 is 10.2 Å². The van der Waals surface area contributed by atoms with Crippen molar-refractivity contribution in [2.24, 2.45) is 0 Å². The summed E-state index contributed by atoms with van der Waals surface area (Å²) in [5.74, 6) is -0.375. The van der Waals surface area contributed by atoms with Crippen molar-refractivity contribution in [1.82, 2.24) is 20.2 Å². The maximum absolute atomic E-state index is 13.1. The van der Waals surface area contributed by atoms with E-state index < -0.39 is 17.6 Å². The summed E-state index contributed by atoms with van der Waals surface area (Å²) in [5.41, 5.74) is 0.531. The highest BCUT2D eigenvalue weighted by molar-refractivity contribution is 5.91. The quantitative estimate of drug-likeness (QED) is 0.668. The number of rotatable bonds is 5. The van der Waals surface area contributed by atoms with Crippen LogP contribution in [-0.2, 0) is 22.3 Å². The van der Waals surface area contributed by atoms with Crippen LogP contribution in [0.5, 0.6) is 0 Å². The van der Waals surface area contributed by atoms with Gasteiger partial charge in [0.25, 0.3) is 0 Å². The summed E-state index contributed by atoms with van der Waals surface area (Å²) in [6, 6.07) is 12.4. The van der Waals surface area contributed by atoms with Gasteiger partial charge in [-0.1, -0.05) is 12.1 Å². The first-order valence-corrected chi connectivity index (χ1v) is 9.57. The summed E-state index contributed by atoms with van der Waals surface area (Å²) in [5, 5.41) is 14.2. The average Bonchev–Trinajstić information content (AvgIpc) is 3.22. The highest BCUT2D eigenvalue weighted by Crippen LogP contribution is 2.34. The SMILES string of the molecule is O=C(Cn1nnc(-c2ccc(N3CCOCC3)cc2)n1)Nc1ccccc1C(F)(F)F. The highest BCUT2D eigenvalue weighted by Gasteiger charge is 2.33. The molecule has 8 nitrogen and oxygen atoms in total. The van der Waals surface area contributed by atoms with Gasteiger partial charge in [-0.25, -0.2) is 0 Å². The number of amides is 1. The lowest BCUT2D eigenvalue weighted by atomic mass is 10.1. The number of carbonyl (C=O) groups is 1. The summed E-state index contributed by atoms with van der Waals surface area (Å²) in [4.78, 5) is 15.5. The number of ether oxygens (including phenoxy) is 1. The van der Waals surface area contributed by atoms with Gasteiger partial charge in [0.15, 0.2) is 0 Å². The van der Waals surface area contributed by atoms with Crippen molar-refractivity contribution in [1.29, 1.82) is 0 Å². The van der Waals surface area contributed by atoms with Gasteiger partial charge >= 0.3 is 6.18 Å². The fourth-order valence-electron chi connectivity index (χ4n) is 3.23. The maximum atomic E-state index is 13.1. The average molecular weight is 432 g/mol. The largest absolute Gasteiger partial charge is 0.418 e. The number of nitrogens with one attached hydrogen (secondary N) is 1. The topological polar surface area (TPSA) is 85.2 Å². The van der Waals surface area contributed by atoms with E-state index in [9.17, 15) is 18.0 Å². The minimum absolute atomic E-state index is 0.317. The summed E-state index contributed by atoms with van der Waals surface area (Å²) >= 11 is 0. The van der Waals surface area contributed by atoms with E-state index in [4.69, 9.17) is 4.74 Å². The first-order chi connectivity index (χ1) is 14.9. The number of carbonyl (C=O) groups excluding carboxylic acids is 1. The van der Waals surface area contributed by atoms with Crippen molar-refractivity contribution in [3.63, 3.8) is 0 Å². The normalized spacial score (nSPS) is 14.5. The summed E-state index contributed by atoms with van der Waals surface area (Å²) in [6.07, 6.45) is -4.57. The molecule has 0 spiro atoms. The standard InChI is InChI=1S/C20H19F3N6O2/c21-20(22,23)16-3-1-2-4-17(16)24-18(30)13-29-26-19(25-27-29)14-5-7-15(8-6-14)28-9-11-31-12-10-28/h1-8H,9-13H2,(H,24,30). The first kappa shape index (κ1) is 20.8. The van der Waals surface area contributed by atoms with Crippen LogP contribution in [0.4, 0.5) is 24.5 Å². The predicted molar refractivity (Wildman–Crippen MR) is 106 cm³/mol. The molecular formula is C20H19F3N6O2. The molecule has 0 atom stereocenters. The number of nitrogens with zero attached hydrogens (tertiary/aromatic N) is 5. The van der Waals surface area contributed by atoms with Crippen LogP contribution in [0.3, 0.4) is 0 Å². The maximum Gasteiger partial charge on any atom is 0.418 e. The third-order valence-corrected chi connectivity index (χ3v) is 4.75. The smallest absolute Gasteiger partial charge is 0.378 e. The lowest BCUT2D eigenvalue weighted by Gasteiger charge is -2.28. The third-order valence-electron chi connectivity index (χ3n) is 4.75. The fourth-order valence-corrected chi connectivity index (χ4v) is 3.23. The minimum Gasteiger partial charge on any atom is -0.378 e. The van der Waals surface area contributed by atoms with Crippen LogP contribution in [-0.4, -0.2) is 52.4 Å². The van der Waals surface area contributed by atoms with Gasteiger partial charge < -0.3 is 15.0 Å². The van der Waals surface area contributed by atoms with Crippen molar-refractivity contribution in [3.05, 3.63) is 54.1 Å². The van der Waals surface area contributed by atoms with E-state index in [1.165, 1.54) is 18.2 Å². The van der Waals surface area contributed by atoms with Crippen LogP contribution in [0.15, 0.2) is 48.5 Å². The van der Waals surface area contributed by atoms with Gasteiger partial charge in [0, 0.05) is 24.3 Å². The zero-order valence-corrected chi connectivity index (χ0v) is 16.3. The summed E-state index contributed by atoms with van der Waals surface area (Å²) in [7, 11) is 0. The van der Waals surface area contributed by atoms with Crippen LogP contribution in [0.1, 0.15) is 5.56 Å². The number of hydrogen-bond acceptors (Lipinski definition) is 6. The predicted octanol–water partition coefficient (Wildman–Crippen LogP) is 2.83. The molecule has 0 radical (unpaired) electrons. The molecule has 3 aromatic rings. The van der Waals surface area contributed by atoms with E-state index in [2.05, 4.69) is 25.6 Å². The van der Waals surface area contributed by atoms with E-state index in [1.54, 1.807) is 0 Å². The van der Waals surface area contributed by atoms with Crippen molar-refractivity contribution in [2.45, 2.75) is 12.7 Å². The molecule has 1 aromatic heterocycles. The second kappa shape index (κ2) is 8.72. The molecule has 0 bridgehead atoms. The minimum atomic E-state index is -4.57. The Morgan fingerprint density at radius 2 is 1.77 bits per heavy atom. The van der Waals surface area contributed by atoms with E-state index in [0.29, 0.717) is 24.6 Å². The Hall–Kier alpha value is -3.47. The molecule has 1 amide bonds. The van der Waals surface area contributed by atoms with E-state index in [0.717, 1.165) is 29.6 Å². The number of hydrogen-bond donors (Lipinski definition) is 1. The first-order valence-electron chi connectivity index (χ1n) is 9.57. The van der Waals surface area contributed by atoms with Gasteiger partial charge in [0.2, 0.25) is 11.7 Å². The second-order valence-corrected chi connectivity index (χ2v) is 6.88. The van der Waals surface area contributed by atoms with Crippen molar-refractivity contribution < 1.29 is 22.7 Å². The lowest BCUT2D eigenvalue weighted by molar-refractivity contribution is -0.137. The summed E-state index contributed by atoms with van der Waals surface area (Å²) in [6.45, 7) is 2.64. The van der Waals surface area contributed by atoms with Crippen molar-refractivity contribution >= 4 is 17.3 Å². The van der Waals surface area contributed by atoms with Gasteiger partial charge in [0.05, 0.1) is 24.5 Å². The molecular weight excluding hydrogens is 413 g/mol. The second-order valence-electron chi connectivity index (χ2n) is 6.88. The van der Waals surface area contributed by atoms with Crippen molar-refractivity contribution in [2.75, 3.05) is 36.5 Å². The van der Waals surface area contributed by atoms with Gasteiger partial charge in [0.1, 0.15) is 6.54 Å². The Morgan fingerprint density at radius 1 is 1.06 bits per heavy atom. The van der Waals surface area contributed by atoms with E-state index >= 15 is 0 Å². The molecule has 31 heavy (non-hydrogen) atoms. The molecule has 1 aliphatic heterocycles. The molecule has 1 aliphatic rings. The number of para-hydroxylation sites is 1. The Balaban J connectivity index is 1.41. The van der Waals surface area contributed by atoms with Crippen molar-refractivity contribution in [3.8, 4) is 11.4 Å². The number of tetrazole rings is 1. The van der Waals surface area contributed by atoms with Crippen LogP contribution in [0, 0.1) is 0 Å². The van der Waals surface area contributed by atoms with Crippen LogP contribution >= 0.6 is 0 Å². The summed E-state index contributed by atoms with van der Waals surface area (Å²) < 4.78 is 44.5. The van der Waals surface area contributed by atoms with Gasteiger partial charge in [-0.2, -0.15) is 18.0 Å². The number of alkyl halides is 3. The molecule has 2 heterocycles. The molecule has 1 N–H and O–H groups in total. The molecule has 1 saturated heterocycles. The zero-order valence-electron chi connectivity index (χ0n) is 16.3. The highest BCUT2D eigenvalue weighted by atomic mass is 19.4. The van der Waals surface area contributed by atoms with Gasteiger partial charge in [-0.3, -0.25) is 4.79 Å². The molecule has 0 aliphatic carbocycles. The monoisotopic (exact) mass is 432 g/mol. The molecule has 4 rings (SSSR count). The number of morpholine rings is 1. The molecule has 11 heteroatoms. The fraction of sp³-hybridized carbons (Fsp3) is 0.300. The Labute approximate surface area is 175 Å². The zero-order chi connectivity index (χ0) is 21.8. The van der Waals surface area contributed by atoms with Gasteiger partial charge in [-0.05, 0) is 41.6 Å². The Kier molecular flexibility index (Phi) is 5.85. The number of halogens is 3. The Morgan fingerprint density at radius 3 is 2.48 bits per heavy atom. The molecule has 0 saturated carbocycles. The van der Waals surface area contributed by atoms with Gasteiger partial charge in [-0.15, -0.1) is 10.2 Å². The third kappa shape index (κ3) is 5.00. The van der Waals surface area contributed by atoms with E-state index in [1.807, 2.05) is 24.3 Å². The Bertz CT molecular complexity index is 1050. The van der Waals surface area contributed by atoms with Crippen LogP contribution in [0.2, 0.25) is 0 Å².